The summed E-state index contributed by atoms with van der Waals surface area (Å²) in [6, 6.07) is 3.15. The quantitative estimate of drug-likeness (QED) is 0.228. The molecule has 142 valence electrons. The average molecular weight is 358 g/mol. The molecule has 0 N–H and O–H groups in total. The molecule has 0 heterocycles. The zero-order chi connectivity index (χ0) is 17.9. The highest BCUT2D eigenvalue weighted by molar-refractivity contribution is 6.60. The van der Waals surface area contributed by atoms with E-state index >= 15 is 0 Å². The van der Waals surface area contributed by atoms with Crippen molar-refractivity contribution >= 4 is 8.80 Å². The van der Waals surface area contributed by atoms with Crippen LogP contribution in [-0.4, -0.2) is 28.6 Å². The number of nitrogens with zero attached hydrogens (tertiary/aromatic N) is 1. The van der Waals surface area contributed by atoms with Crippen LogP contribution in [0.2, 0.25) is 6.04 Å². The SMILES string of the molecule is CCO[Si](CCCCCCCCCCCCC#N)(OCC)OCC. The highest BCUT2D eigenvalue weighted by atomic mass is 28.4. The maximum absolute atomic E-state index is 8.48. The fourth-order valence-corrected chi connectivity index (χ4v) is 5.65. The predicted molar refractivity (Wildman–Crippen MR) is 102 cm³/mol. The number of nitriles is 1. The van der Waals surface area contributed by atoms with E-state index in [1.54, 1.807) is 0 Å². The van der Waals surface area contributed by atoms with Crippen LogP contribution in [0.1, 0.15) is 91.4 Å². The van der Waals surface area contributed by atoms with E-state index in [1.165, 1.54) is 51.4 Å². The van der Waals surface area contributed by atoms with Crippen molar-refractivity contribution in [1.29, 1.82) is 5.26 Å². The first-order valence-electron chi connectivity index (χ1n) is 10.0. The minimum Gasteiger partial charge on any atom is -0.374 e. The lowest BCUT2D eigenvalue weighted by Gasteiger charge is -2.28. The second-order valence-electron chi connectivity index (χ2n) is 6.18. The number of unbranched alkanes of at least 4 members (excludes halogenated alkanes) is 10. The van der Waals surface area contributed by atoms with Gasteiger partial charge in [0.25, 0.3) is 0 Å². The van der Waals surface area contributed by atoms with Gasteiger partial charge in [-0.15, -0.1) is 0 Å². The highest BCUT2D eigenvalue weighted by Crippen LogP contribution is 2.21. The molecular formula is C19H39NO3Si. The van der Waals surface area contributed by atoms with Crippen LogP contribution < -0.4 is 0 Å². The van der Waals surface area contributed by atoms with Crippen LogP contribution in [0.3, 0.4) is 0 Å². The minimum atomic E-state index is -2.42. The van der Waals surface area contributed by atoms with E-state index in [-0.39, 0.29) is 0 Å². The van der Waals surface area contributed by atoms with Gasteiger partial charge in [-0.25, -0.2) is 0 Å². The van der Waals surface area contributed by atoms with Crippen molar-refractivity contribution < 1.29 is 13.3 Å². The molecule has 24 heavy (non-hydrogen) atoms. The molecule has 0 atom stereocenters. The van der Waals surface area contributed by atoms with Gasteiger partial charge in [0.2, 0.25) is 0 Å². The van der Waals surface area contributed by atoms with Gasteiger partial charge in [-0.3, -0.25) is 0 Å². The van der Waals surface area contributed by atoms with Crippen molar-refractivity contribution in [2.75, 3.05) is 19.8 Å². The third kappa shape index (κ3) is 12.9. The largest absolute Gasteiger partial charge is 0.500 e. The van der Waals surface area contributed by atoms with Gasteiger partial charge in [-0.1, -0.05) is 51.4 Å². The van der Waals surface area contributed by atoms with Crippen LogP contribution in [0.15, 0.2) is 0 Å². The standard InChI is InChI=1S/C19H39NO3Si/c1-4-21-24(22-5-2,23-6-3)19-17-15-13-11-9-7-8-10-12-14-16-18-20/h4-17,19H2,1-3H3. The second kappa shape index (κ2) is 17.4. The summed E-state index contributed by atoms with van der Waals surface area (Å²) in [4.78, 5) is 0. The summed E-state index contributed by atoms with van der Waals surface area (Å²) in [5.74, 6) is 0. The molecule has 5 heteroatoms. The molecule has 0 fully saturated rings. The smallest absolute Gasteiger partial charge is 0.374 e. The van der Waals surface area contributed by atoms with Gasteiger partial charge in [0, 0.05) is 32.3 Å². The van der Waals surface area contributed by atoms with Crippen LogP contribution in [0, 0.1) is 11.3 Å². The Labute approximate surface area is 151 Å². The summed E-state index contributed by atoms with van der Waals surface area (Å²) >= 11 is 0. The Morgan fingerprint density at radius 3 is 1.38 bits per heavy atom. The Morgan fingerprint density at radius 2 is 1.00 bits per heavy atom. The monoisotopic (exact) mass is 357 g/mol. The first kappa shape index (κ1) is 23.6. The molecule has 0 aliphatic carbocycles. The molecule has 0 rings (SSSR count). The number of hydrogen-bond donors (Lipinski definition) is 0. The summed E-state index contributed by atoms with van der Waals surface area (Å²) in [5, 5.41) is 8.48. The predicted octanol–water partition coefficient (Wildman–Crippen LogP) is 5.85. The fourth-order valence-electron chi connectivity index (χ4n) is 2.96. The first-order valence-corrected chi connectivity index (χ1v) is 12.0. The highest BCUT2D eigenvalue weighted by Gasteiger charge is 2.39. The molecule has 0 bridgehead atoms. The van der Waals surface area contributed by atoms with E-state index in [2.05, 4.69) is 6.07 Å². The van der Waals surface area contributed by atoms with Crippen molar-refractivity contribution in [3.63, 3.8) is 0 Å². The van der Waals surface area contributed by atoms with E-state index in [0.29, 0.717) is 19.8 Å². The number of hydrogen-bond acceptors (Lipinski definition) is 4. The number of rotatable bonds is 18. The summed E-state index contributed by atoms with van der Waals surface area (Å²) in [7, 11) is -2.42. The summed E-state index contributed by atoms with van der Waals surface area (Å²) in [6.07, 6.45) is 13.3. The lowest BCUT2D eigenvalue weighted by molar-refractivity contribution is 0.0706. The third-order valence-corrected chi connectivity index (χ3v) is 7.27. The van der Waals surface area contributed by atoms with E-state index in [0.717, 1.165) is 25.3 Å². The molecule has 0 unspecified atom stereocenters. The molecule has 0 aromatic heterocycles. The lowest BCUT2D eigenvalue weighted by Crippen LogP contribution is -2.45. The van der Waals surface area contributed by atoms with Gasteiger partial charge in [0.05, 0.1) is 6.07 Å². The molecule has 0 aromatic rings. The van der Waals surface area contributed by atoms with Gasteiger partial charge in [0.15, 0.2) is 0 Å². The van der Waals surface area contributed by atoms with Gasteiger partial charge in [-0.05, 0) is 33.6 Å². The third-order valence-electron chi connectivity index (χ3n) is 4.11. The maximum atomic E-state index is 8.48. The Bertz CT molecular complexity index is 290. The Hall–Kier alpha value is -0.413. The topological polar surface area (TPSA) is 51.5 Å². The normalized spacial score (nSPS) is 11.6. The molecule has 0 saturated heterocycles. The fraction of sp³-hybridized carbons (Fsp3) is 0.947. The Morgan fingerprint density at radius 1 is 0.625 bits per heavy atom. The molecule has 0 aliphatic rings. The van der Waals surface area contributed by atoms with Crippen LogP contribution in [0.25, 0.3) is 0 Å². The van der Waals surface area contributed by atoms with Crippen molar-refractivity contribution in [3.8, 4) is 6.07 Å². The molecule has 4 nitrogen and oxygen atoms in total. The molecule has 0 amide bonds. The molecule has 0 aliphatic heterocycles. The summed E-state index contributed by atoms with van der Waals surface area (Å²) < 4.78 is 17.7. The molecule has 0 aromatic carbocycles. The van der Waals surface area contributed by atoms with Crippen LogP contribution in [0.5, 0.6) is 0 Å². The van der Waals surface area contributed by atoms with E-state index in [4.69, 9.17) is 18.5 Å². The Balaban J connectivity index is 3.62. The van der Waals surface area contributed by atoms with Crippen molar-refractivity contribution in [2.24, 2.45) is 0 Å². The lowest BCUT2D eigenvalue weighted by atomic mass is 10.1. The maximum Gasteiger partial charge on any atom is 0.500 e. The van der Waals surface area contributed by atoms with E-state index in [1.807, 2.05) is 20.8 Å². The van der Waals surface area contributed by atoms with Gasteiger partial charge in [0.1, 0.15) is 0 Å². The molecule has 0 saturated carbocycles. The van der Waals surface area contributed by atoms with Gasteiger partial charge in [-0.2, -0.15) is 5.26 Å². The van der Waals surface area contributed by atoms with Crippen molar-refractivity contribution in [2.45, 2.75) is 97.4 Å². The first-order chi connectivity index (χ1) is 11.7. The van der Waals surface area contributed by atoms with Gasteiger partial charge < -0.3 is 13.3 Å². The Kier molecular flexibility index (Phi) is 17.1. The summed E-state index contributed by atoms with van der Waals surface area (Å²) in [6.45, 7) is 8.04. The van der Waals surface area contributed by atoms with Crippen LogP contribution >= 0.6 is 0 Å². The average Bonchev–Trinajstić information content (AvgIpc) is 2.56. The molecule has 0 spiro atoms. The summed E-state index contributed by atoms with van der Waals surface area (Å²) in [5.41, 5.74) is 0. The zero-order valence-corrected chi connectivity index (χ0v) is 17.3. The second-order valence-corrected chi connectivity index (χ2v) is 8.91. The minimum absolute atomic E-state index is 0.667. The zero-order valence-electron chi connectivity index (χ0n) is 16.3. The van der Waals surface area contributed by atoms with Crippen LogP contribution in [0.4, 0.5) is 0 Å². The van der Waals surface area contributed by atoms with Crippen LogP contribution in [-0.2, 0) is 13.3 Å². The van der Waals surface area contributed by atoms with Gasteiger partial charge >= 0.3 is 8.80 Å². The van der Waals surface area contributed by atoms with Crippen molar-refractivity contribution in [3.05, 3.63) is 0 Å². The molecule has 0 radical (unpaired) electrons. The van der Waals surface area contributed by atoms with Crippen molar-refractivity contribution in [1.82, 2.24) is 0 Å². The van der Waals surface area contributed by atoms with E-state index < -0.39 is 8.80 Å². The van der Waals surface area contributed by atoms with E-state index in [9.17, 15) is 0 Å². The molecular weight excluding hydrogens is 318 g/mol.